The number of quaternary nitrogens is 1. The minimum absolute atomic E-state index is 0.0191. The van der Waals surface area contributed by atoms with E-state index in [2.05, 4.69) is 74.6 Å². The zero-order valence-corrected chi connectivity index (χ0v) is 34.4. The Hall–Kier alpha value is -2.29. The van der Waals surface area contributed by atoms with Crippen molar-refractivity contribution in [3.63, 3.8) is 0 Å². The predicted octanol–water partition coefficient (Wildman–Crippen LogP) is 10.9. The summed E-state index contributed by atoms with van der Waals surface area (Å²) in [6.07, 6.45) is 39.9. The molecule has 0 amide bonds. The molecule has 0 saturated carbocycles. The van der Waals surface area contributed by atoms with Gasteiger partial charge in [0.2, 0.25) is 0 Å². The van der Waals surface area contributed by atoms with E-state index in [1.807, 2.05) is 21.1 Å². The Morgan fingerprint density at radius 2 is 1.08 bits per heavy atom. The fourth-order valence-corrected chi connectivity index (χ4v) is 5.55. The maximum atomic E-state index is 12.6. The van der Waals surface area contributed by atoms with Crippen LogP contribution in [-0.4, -0.2) is 74.9 Å². The Balaban J connectivity index is 4.52. The number of nitrogens with zero attached hydrogens (tertiary/aromatic N) is 1. The molecule has 0 saturated heterocycles. The van der Waals surface area contributed by atoms with E-state index in [9.17, 15) is 19.0 Å². The van der Waals surface area contributed by atoms with Crippen LogP contribution in [0.4, 0.5) is 0 Å². The summed E-state index contributed by atoms with van der Waals surface area (Å²) in [4.78, 5) is 35.2. The van der Waals surface area contributed by atoms with E-state index in [4.69, 9.17) is 18.5 Å². The van der Waals surface area contributed by atoms with Gasteiger partial charge in [0.1, 0.15) is 19.8 Å². The highest BCUT2D eigenvalue weighted by Crippen LogP contribution is 2.43. The molecule has 0 aromatic rings. The predicted molar refractivity (Wildman–Crippen MR) is 215 cm³/mol. The summed E-state index contributed by atoms with van der Waals surface area (Å²) in [7, 11) is 1.43. The van der Waals surface area contributed by atoms with Crippen LogP contribution in [0.2, 0.25) is 0 Å². The molecule has 9 nitrogen and oxygen atoms in total. The highest BCUT2D eigenvalue weighted by atomic mass is 31.2. The maximum absolute atomic E-state index is 12.6. The lowest BCUT2D eigenvalue weighted by molar-refractivity contribution is -0.870. The van der Waals surface area contributed by atoms with Crippen LogP contribution in [0.1, 0.15) is 142 Å². The van der Waals surface area contributed by atoms with E-state index in [1.54, 1.807) is 0 Å². The second kappa shape index (κ2) is 34.5. The van der Waals surface area contributed by atoms with Crippen molar-refractivity contribution in [3.05, 3.63) is 60.8 Å². The molecule has 52 heavy (non-hydrogen) atoms. The number of hydrogen-bond donors (Lipinski definition) is 1. The Morgan fingerprint density at radius 1 is 0.596 bits per heavy atom. The molecule has 0 heterocycles. The van der Waals surface area contributed by atoms with Crippen LogP contribution in [0.5, 0.6) is 0 Å². The third-order valence-electron chi connectivity index (χ3n) is 8.02. The summed E-state index contributed by atoms with van der Waals surface area (Å²) in [6, 6.07) is 0. The first-order chi connectivity index (χ1) is 25.0. The molecule has 0 aliphatic carbocycles. The topological polar surface area (TPSA) is 108 Å². The molecule has 300 valence electrons. The maximum Gasteiger partial charge on any atom is 0.472 e. The lowest BCUT2D eigenvalue weighted by atomic mass is 10.1. The number of carbonyl (C=O) groups excluding carboxylic acids is 2. The van der Waals surface area contributed by atoms with Gasteiger partial charge in [-0.05, 0) is 70.6 Å². The number of esters is 2. The van der Waals surface area contributed by atoms with Crippen LogP contribution in [0.25, 0.3) is 0 Å². The van der Waals surface area contributed by atoms with Crippen LogP contribution >= 0.6 is 7.82 Å². The molecule has 1 N–H and O–H groups in total. The quantitative estimate of drug-likeness (QED) is 0.0224. The van der Waals surface area contributed by atoms with Gasteiger partial charge < -0.3 is 18.9 Å². The largest absolute Gasteiger partial charge is 0.472 e. The zero-order valence-electron chi connectivity index (χ0n) is 33.5. The van der Waals surface area contributed by atoms with E-state index in [0.717, 1.165) is 64.2 Å². The summed E-state index contributed by atoms with van der Waals surface area (Å²) in [5, 5.41) is 0. The van der Waals surface area contributed by atoms with E-state index in [1.165, 1.54) is 38.5 Å². The molecule has 0 rings (SSSR count). The Morgan fingerprint density at radius 3 is 1.67 bits per heavy atom. The third kappa shape index (κ3) is 37.5. The van der Waals surface area contributed by atoms with Gasteiger partial charge in [-0.2, -0.15) is 0 Å². The van der Waals surface area contributed by atoms with Gasteiger partial charge in [-0.1, -0.05) is 120 Å². The number of unbranched alkanes of at least 4 members (excludes halogenated alkanes) is 11. The average Bonchev–Trinajstić information content (AvgIpc) is 3.09. The number of hydrogen-bond acceptors (Lipinski definition) is 7. The van der Waals surface area contributed by atoms with Crippen molar-refractivity contribution in [3.8, 4) is 0 Å². The SMILES string of the molecule is CCCC/C=C\CCCCCCCC(=O)O[C@H](COC(=O)CCC/C=C\C/C=C\C/C=C\C/C=C\CCCCC)COP(=O)(O)OCC[N+](C)(C)C. The van der Waals surface area contributed by atoms with Gasteiger partial charge in [0.25, 0.3) is 0 Å². The number of allylic oxidation sites excluding steroid dienone is 10. The summed E-state index contributed by atoms with van der Waals surface area (Å²) in [5.41, 5.74) is 0. The minimum atomic E-state index is -4.38. The van der Waals surface area contributed by atoms with Crippen molar-refractivity contribution in [2.45, 2.75) is 148 Å². The van der Waals surface area contributed by atoms with Crippen molar-refractivity contribution in [2.75, 3.05) is 47.5 Å². The molecular formula is C42H75NO8P+. The Bertz CT molecular complexity index is 1080. The molecule has 0 radical (unpaired) electrons. The molecule has 0 aromatic heterocycles. The van der Waals surface area contributed by atoms with Crippen molar-refractivity contribution in [2.24, 2.45) is 0 Å². The first-order valence-corrected chi connectivity index (χ1v) is 21.5. The van der Waals surface area contributed by atoms with Gasteiger partial charge in [-0.3, -0.25) is 18.6 Å². The summed E-state index contributed by atoms with van der Waals surface area (Å²) >= 11 is 0. The second-order valence-corrected chi connectivity index (χ2v) is 15.8. The first-order valence-electron chi connectivity index (χ1n) is 20.0. The molecule has 0 spiro atoms. The third-order valence-corrected chi connectivity index (χ3v) is 9.00. The molecule has 2 atom stereocenters. The molecule has 0 aromatic carbocycles. The fraction of sp³-hybridized carbons (Fsp3) is 0.714. The number of phosphoric ester groups is 1. The van der Waals surface area contributed by atoms with Gasteiger partial charge in [-0.15, -0.1) is 0 Å². The summed E-state index contributed by atoms with van der Waals surface area (Å²) in [5.74, 6) is -0.883. The standard InChI is InChI=1S/C42H74NO8P/c1-6-8-10-12-14-16-18-19-20-21-22-23-25-26-28-30-32-34-41(44)48-38-40(39-50-52(46,47)49-37-36-43(3,4)5)51-42(45)35-33-31-29-27-24-17-15-13-11-9-7-2/h13-16,19-20,22-23,26,28,40H,6-12,17-18,21,24-25,27,29-39H2,1-5H3/p+1/b15-13-,16-14-,20-19-,23-22-,28-26-/t40-/m1/s1. The van der Waals surface area contributed by atoms with Crippen molar-refractivity contribution in [1.29, 1.82) is 0 Å². The molecule has 0 aliphatic rings. The number of rotatable bonds is 35. The van der Waals surface area contributed by atoms with Gasteiger partial charge in [0.05, 0.1) is 27.7 Å². The lowest BCUT2D eigenvalue weighted by Gasteiger charge is -2.24. The Labute approximate surface area is 317 Å². The molecule has 1 unspecified atom stereocenters. The fourth-order valence-electron chi connectivity index (χ4n) is 4.81. The molecular weight excluding hydrogens is 677 g/mol. The highest BCUT2D eigenvalue weighted by molar-refractivity contribution is 7.47. The number of phosphoric acid groups is 1. The second-order valence-electron chi connectivity index (χ2n) is 14.3. The number of ether oxygens (including phenoxy) is 2. The number of likely N-dealkylation sites (N-methyl/N-ethyl adjacent to an activating group) is 1. The molecule has 10 heteroatoms. The van der Waals surface area contributed by atoms with E-state index >= 15 is 0 Å². The van der Waals surface area contributed by atoms with Gasteiger partial charge >= 0.3 is 19.8 Å². The van der Waals surface area contributed by atoms with Crippen molar-refractivity contribution >= 4 is 19.8 Å². The van der Waals surface area contributed by atoms with Crippen LogP contribution in [0, 0.1) is 0 Å². The van der Waals surface area contributed by atoms with Gasteiger partial charge in [-0.25, -0.2) is 4.57 Å². The van der Waals surface area contributed by atoms with Crippen molar-refractivity contribution < 1.29 is 42.1 Å². The number of carbonyl (C=O) groups is 2. The van der Waals surface area contributed by atoms with Crippen LogP contribution in [0.3, 0.4) is 0 Å². The van der Waals surface area contributed by atoms with Crippen LogP contribution in [-0.2, 0) is 32.7 Å². The lowest BCUT2D eigenvalue weighted by Crippen LogP contribution is -2.37. The first kappa shape index (κ1) is 49.7. The van der Waals surface area contributed by atoms with Crippen LogP contribution in [0.15, 0.2) is 60.8 Å². The van der Waals surface area contributed by atoms with Crippen molar-refractivity contribution in [1.82, 2.24) is 0 Å². The van der Waals surface area contributed by atoms with Gasteiger partial charge in [0, 0.05) is 12.8 Å². The normalized spacial score (nSPS) is 14.3. The van der Waals surface area contributed by atoms with E-state index in [-0.39, 0.29) is 26.1 Å². The summed E-state index contributed by atoms with van der Waals surface area (Å²) < 4.78 is 34.1. The molecule has 0 fully saturated rings. The van der Waals surface area contributed by atoms with E-state index < -0.39 is 32.5 Å². The molecule has 0 bridgehead atoms. The van der Waals surface area contributed by atoms with E-state index in [0.29, 0.717) is 23.9 Å². The smallest absolute Gasteiger partial charge is 0.462 e. The monoisotopic (exact) mass is 753 g/mol. The summed E-state index contributed by atoms with van der Waals surface area (Å²) in [6.45, 7) is 4.25. The molecule has 0 aliphatic heterocycles. The minimum Gasteiger partial charge on any atom is -0.462 e. The highest BCUT2D eigenvalue weighted by Gasteiger charge is 2.27. The van der Waals surface area contributed by atoms with Crippen LogP contribution < -0.4 is 0 Å². The zero-order chi connectivity index (χ0) is 38.6. The average molecular weight is 753 g/mol. The Kier molecular flexibility index (Phi) is 33.0. The van der Waals surface area contributed by atoms with Gasteiger partial charge in [0.15, 0.2) is 6.10 Å².